The number of nitrogens with zero attached hydrogens (tertiary/aromatic N) is 3. The number of hydrogen-bond donors (Lipinski definition) is 1. The molecule has 6 heteroatoms. The average molecular weight is 228 g/mol. The number of methoxy groups -OCH3 is 1. The maximum absolute atomic E-state index is 5.34. The summed E-state index contributed by atoms with van der Waals surface area (Å²) in [5, 5.41) is 11.2. The molecule has 0 aromatic carbocycles. The molecule has 0 unspecified atom stereocenters. The van der Waals surface area contributed by atoms with Gasteiger partial charge in [-0.05, 0) is 6.54 Å². The van der Waals surface area contributed by atoms with Gasteiger partial charge in [0.05, 0.1) is 32.1 Å². The van der Waals surface area contributed by atoms with Crippen LogP contribution in [0, 0.1) is 0 Å². The highest BCUT2D eigenvalue weighted by atomic mass is 16.5. The van der Waals surface area contributed by atoms with Crippen LogP contribution in [0.5, 0.6) is 0 Å². The minimum absolute atomic E-state index is 0.620. The van der Waals surface area contributed by atoms with E-state index in [1.165, 1.54) is 0 Å². The summed E-state index contributed by atoms with van der Waals surface area (Å²) in [5.41, 5.74) is 0.957. The van der Waals surface area contributed by atoms with Crippen molar-refractivity contribution in [1.82, 2.24) is 20.3 Å². The molecular weight excluding hydrogens is 208 g/mol. The standard InChI is InChI=1S/C10H20N4O2/c1-3-11-8-10-9-14(13-12-10)4-5-16-7-6-15-2/h9,11H,3-8H2,1-2H3. The predicted molar refractivity (Wildman–Crippen MR) is 60.1 cm³/mol. The molecule has 16 heavy (non-hydrogen) atoms. The molecule has 1 aromatic heterocycles. The van der Waals surface area contributed by atoms with Crippen LogP contribution in [-0.2, 0) is 22.6 Å². The third-order valence-electron chi connectivity index (χ3n) is 2.04. The predicted octanol–water partition coefficient (Wildman–Crippen LogP) is 0.0506. The Balaban J connectivity index is 2.14. The van der Waals surface area contributed by atoms with Gasteiger partial charge in [-0.2, -0.15) is 0 Å². The second-order valence-electron chi connectivity index (χ2n) is 3.36. The molecule has 0 amide bonds. The van der Waals surface area contributed by atoms with E-state index in [4.69, 9.17) is 9.47 Å². The molecule has 0 aliphatic rings. The van der Waals surface area contributed by atoms with Gasteiger partial charge in [0.25, 0.3) is 0 Å². The summed E-state index contributed by atoms with van der Waals surface area (Å²) in [6.07, 6.45) is 1.93. The van der Waals surface area contributed by atoms with Crippen molar-refractivity contribution in [2.75, 3.05) is 33.5 Å². The van der Waals surface area contributed by atoms with Crippen molar-refractivity contribution in [3.05, 3.63) is 11.9 Å². The van der Waals surface area contributed by atoms with Crippen LogP contribution < -0.4 is 5.32 Å². The van der Waals surface area contributed by atoms with Crippen molar-refractivity contribution in [2.45, 2.75) is 20.0 Å². The molecule has 0 saturated heterocycles. The molecule has 0 spiro atoms. The monoisotopic (exact) mass is 228 g/mol. The van der Waals surface area contributed by atoms with Crippen molar-refractivity contribution in [3.63, 3.8) is 0 Å². The normalized spacial score (nSPS) is 10.9. The lowest BCUT2D eigenvalue weighted by atomic mass is 10.4. The molecule has 1 N–H and O–H groups in total. The topological polar surface area (TPSA) is 61.2 Å². The molecule has 1 heterocycles. The van der Waals surface area contributed by atoms with Crippen molar-refractivity contribution in [1.29, 1.82) is 0 Å². The van der Waals surface area contributed by atoms with Gasteiger partial charge in [0.2, 0.25) is 0 Å². The van der Waals surface area contributed by atoms with Gasteiger partial charge in [-0.15, -0.1) is 5.10 Å². The van der Waals surface area contributed by atoms with Gasteiger partial charge in [0.1, 0.15) is 0 Å². The number of ether oxygens (including phenoxy) is 2. The summed E-state index contributed by atoms with van der Waals surface area (Å²) in [7, 11) is 1.66. The Kier molecular flexibility index (Phi) is 6.71. The zero-order valence-electron chi connectivity index (χ0n) is 9.98. The van der Waals surface area contributed by atoms with Gasteiger partial charge in [-0.25, -0.2) is 4.68 Å². The maximum Gasteiger partial charge on any atom is 0.0964 e. The van der Waals surface area contributed by atoms with Crippen molar-refractivity contribution in [2.24, 2.45) is 0 Å². The van der Waals surface area contributed by atoms with Gasteiger partial charge < -0.3 is 14.8 Å². The van der Waals surface area contributed by atoms with Gasteiger partial charge >= 0.3 is 0 Å². The van der Waals surface area contributed by atoms with E-state index in [0.717, 1.165) is 25.3 Å². The lowest BCUT2D eigenvalue weighted by Crippen LogP contribution is -2.12. The van der Waals surface area contributed by atoms with Gasteiger partial charge in [-0.3, -0.25) is 0 Å². The summed E-state index contributed by atoms with van der Waals surface area (Å²) >= 11 is 0. The van der Waals surface area contributed by atoms with E-state index in [9.17, 15) is 0 Å². The second kappa shape index (κ2) is 8.20. The zero-order valence-corrected chi connectivity index (χ0v) is 9.98. The summed E-state index contributed by atoms with van der Waals surface area (Å²) in [4.78, 5) is 0. The third-order valence-corrected chi connectivity index (χ3v) is 2.04. The fourth-order valence-electron chi connectivity index (χ4n) is 1.18. The fourth-order valence-corrected chi connectivity index (χ4v) is 1.18. The van der Waals surface area contributed by atoms with E-state index in [-0.39, 0.29) is 0 Å². The highest BCUT2D eigenvalue weighted by Gasteiger charge is 1.99. The fraction of sp³-hybridized carbons (Fsp3) is 0.800. The lowest BCUT2D eigenvalue weighted by Gasteiger charge is -2.02. The Morgan fingerprint density at radius 1 is 1.38 bits per heavy atom. The molecule has 0 atom stereocenters. The van der Waals surface area contributed by atoms with E-state index in [0.29, 0.717) is 19.8 Å². The second-order valence-corrected chi connectivity index (χ2v) is 3.36. The highest BCUT2D eigenvalue weighted by molar-refractivity contribution is 4.91. The molecule has 0 aliphatic carbocycles. The Morgan fingerprint density at radius 2 is 2.25 bits per heavy atom. The van der Waals surface area contributed by atoms with Gasteiger partial charge in [0.15, 0.2) is 0 Å². The van der Waals surface area contributed by atoms with Crippen LogP contribution in [0.2, 0.25) is 0 Å². The Morgan fingerprint density at radius 3 is 3.00 bits per heavy atom. The first-order chi connectivity index (χ1) is 7.86. The first-order valence-electron chi connectivity index (χ1n) is 5.53. The average Bonchev–Trinajstić information content (AvgIpc) is 2.74. The summed E-state index contributed by atoms with van der Waals surface area (Å²) < 4.78 is 12.0. The Bertz CT molecular complexity index is 278. The molecule has 1 aromatic rings. The summed E-state index contributed by atoms with van der Waals surface area (Å²) in [6, 6.07) is 0. The Hall–Kier alpha value is -0.980. The van der Waals surface area contributed by atoms with E-state index in [2.05, 4.69) is 22.6 Å². The van der Waals surface area contributed by atoms with Crippen molar-refractivity contribution >= 4 is 0 Å². The molecule has 1 rings (SSSR count). The van der Waals surface area contributed by atoms with Gasteiger partial charge in [0, 0.05) is 19.9 Å². The minimum Gasteiger partial charge on any atom is -0.382 e. The zero-order chi connectivity index (χ0) is 11.6. The highest BCUT2D eigenvalue weighted by Crippen LogP contribution is 1.92. The van der Waals surface area contributed by atoms with Crippen LogP contribution in [0.4, 0.5) is 0 Å². The quantitative estimate of drug-likeness (QED) is 0.605. The first kappa shape index (κ1) is 13.1. The molecule has 92 valence electrons. The van der Waals surface area contributed by atoms with Crippen LogP contribution in [-0.4, -0.2) is 48.5 Å². The largest absolute Gasteiger partial charge is 0.382 e. The molecule has 0 fully saturated rings. The minimum atomic E-state index is 0.620. The van der Waals surface area contributed by atoms with Crippen LogP contribution in [0.15, 0.2) is 6.20 Å². The van der Waals surface area contributed by atoms with Crippen molar-refractivity contribution in [3.8, 4) is 0 Å². The third kappa shape index (κ3) is 5.20. The van der Waals surface area contributed by atoms with Crippen LogP contribution in [0.3, 0.4) is 0 Å². The van der Waals surface area contributed by atoms with E-state index in [1.54, 1.807) is 11.8 Å². The van der Waals surface area contributed by atoms with Crippen LogP contribution >= 0.6 is 0 Å². The number of rotatable bonds is 9. The molecule has 0 saturated carbocycles. The van der Waals surface area contributed by atoms with E-state index >= 15 is 0 Å². The number of nitrogens with one attached hydrogen (secondary N) is 1. The van der Waals surface area contributed by atoms with Crippen molar-refractivity contribution < 1.29 is 9.47 Å². The first-order valence-corrected chi connectivity index (χ1v) is 5.53. The maximum atomic E-state index is 5.34. The summed E-state index contributed by atoms with van der Waals surface area (Å²) in [5.74, 6) is 0. The molecular formula is C10H20N4O2. The molecule has 0 aliphatic heterocycles. The van der Waals surface area contributed by atoms with Gasteiger partial charge in [-0.1, -0.05) is 12.1 Å². The molecule has 0 radical (unpaired) electrons. The SMILES string of the molecule is CCNCc1cn(CCOCCOC)nn1. The van der Waals surface area contributed by atoms with E-state index < -0.39 is 0 Å². The molecule has 6 nitrogen and oxygen atoms in total. The summed E-state index contributed by atoms with van der Waals surface area (Å²) in [6.45, 7) is 6.37. The van der Waals surface area contributed by atoms with Crippen LogP contribution in [0.1, 0.15) is 12.6 Å². The molecule has 0 bridgehead atoms. The van der Waals surface area contributed by atoms with Crippen LogP contribution in [0.25, 0.3) is 0 Å². The number of hydrogen-bond acceptors (Lipinski definition) is 5. The number of aromatic nitrogens is 3. The Labute approximate surface area is 95.9 Å². The smallest absolute Gasteiger partial charge is 0.0964 e. The lowest BCUT2D eigenvalue weighted by molar-refractivity contribution is 0.0652. The van der Waals surface area contributed by atoms with E-state index in [1.807, 2.05) is 6.20 Å².